The van der Waals surface area contributed by atoms with E-state index in [9.17, 15) is 0 Å². The lowest BCUT2D eigenvalue weighted by molar-refractivity contribution is 0.452. The van der Waals surface area contributed by atoms with Crippen LogP contribution in [0, 0.1) is 6.92 Å². The van der Waals surface area contributed by atoms with Crippen LogP contribution in [0.1, 0.15) is 24.1 Å². The molecule has 0 fully saturated rings. The van der Waals surface area contributed by atoms with Crippen molar-refractivity contribution in [2.75, 3.05) is 0 Å². The van der Waals surface area contributed by atoms with Gasteiger partial charge in [0, 0.05) is 18.4 Å². The predicted octanol–water partition coefficient (Wildman–Crippen LogP) is 2.13. The molecule has 0 aliphatic rings. The molecule has 0 saturated heterocycles. The fourth-order valence-corrected chi connectivity index (χ4v) is 2.03. The Kier molecular flexibility index (Phi) is 3.06. The average Bonchev–Trinajstić information content (AvgIpc) is 2.74. The van der Waals surface area contributed by atoms with Crippen molar-refractivity contribution in [2.45, 2.75) is 25.9 Å². The van der Waals surface area contributed by atoms with Gasteiger partial charge in [0.25, 0.3) is 0 Å². The molecule has 0 radical (unpaired) electrons. The fraction of sp³-hybridized carbons (Fsp3) is 0.308. The number of rotatable bonds is 3. The van der Waals surface area contributed by atoms with Crippen molar-refractivity contribution in [3.05, 3.63) is 53.9 Å². The largest absolute Gasteiger partial charge is 0.326 e. The molecule has 0 spiro atoms. The molecule has 1 aromatic carbocycles. The second-order valence-corrected chi connectivity index (χ2v) is 4.15. The van der Waals surface area contributed by atoms with Crippen LogP contribution in [0.25, 0.3) is 0 Å². The van der Waals surface area contributed by atoms with Crippen LogP contribution in [-0.4, -0.2) is 15.8 Å². The highest BCUT2D eigenvalue weighted by atomic mass is 15.3. The van der Waals surface area contributed by atoms with Gasteiger partial charge in [0.05, 0.1) is 6.04 Å². The van der Waals surface area contributed by atoms with Gasteiger partial charge in [-0.1, -0.05) is 24.3 Å². The first-order valence-corrected chi connectivity index (χ1v) is 5.50. The van der Waals surface area contributed by atoms with E-state index in [1.165, 1.54) is 11.1 Å². The summed E-state index contributed by atoms with van der Waals surface area (Å²) in [5, 5.41) is 4.29. The standard InChI is InChI=1S/C13H17N3/c1-10-6-3-4-7-12(10)13(11(2)14)16-9-5-8-15-16/h3-9,11,13H,14H2,1-2H3. The Morgan fingerprint density at radius 1 is 1.25 bits per heavy atom. The molecule has 2 N–H and O–H groups in total. The molecule has 2 aromatic rings. The molecule has 2 atom stereocenters. The highest BCUT2D eigenvalue weighted by Gasteiger charge is 2.19. The third-order valence-electron chi connectivity index (χ3n) is 2.82. The SMILES string of the molecule is Cc1ccccc1C(C(C)N)n1cccn1. The summed E-state index contributed by atoms with van der Waals surface area (Å²) in [6, 6.07) is 10.4. The van der Waals surface area contributed by atoms with Gasteiger partial charge >= 0.3 is 0 Å². The topological polar surface area (TPSA) is 43.8 Å². The summed E-state index contributed by atoms with van der Waals surface area (Å²) in [6.45, 7) is 4.12. The van der Waals surface area contributed by atoms with Gasteiger partial charge in [0.1, 0.15) is 0 Å². The minimum atomic E-state index is 0.0287. The third kappa shape index (κ3) is 1.99. The van der Waals surface area contributed by atoms with E-state index in [0.29, 0.717) is 0 Å². The number of nitrogens with two attached hydrogens (primary N) is 1. The molecule has 0 amide bonds. The number of nitrogens with zero attached hydrogens (tertiary/aromatic N) is 2. The van der Waals surface area contributed by atoms with Gasteiger partial charge in [-0.15, -0.1) is 0 Å². The maximum absolute atomic E-state index is 6.07. The first kappa shape index (κ1) is 10.9. The van der Waals surface area contributed by atoms with Gasteiger partial charge < -0.3 is 5.73 Å². The van der Waals surface area contributed by atoms with E-state index in [-0.39, 0.29) is 12.1 Å². The molecule has 0 aliphatic heterocycles. The molecule has 84 valence electrons. The van der Waals surface area contributed by atoms with Crippen molar-refractivity contribution >= 4 is 0 Å². The van der Waals surface area contributed by atoms with E-state index in [2.05, 4.69) is 24.2 Å². The van der Waals surface area contributed by atoms with Crippen molar-refractivity contribution in [1.82, 2.24) is 9.78 Å². The molecule has 3 heteroatoms. The van der Waals surface area contributed by atoms with Gasteiger partial charge in [-0.2, -0.15) is 5.10 Å². The lowest BCUT2D eigenvalue weighted by atomic mass is 9.97. The molecule has 0 bridgehead atoms. The Balaban J connectivity index is 2.45. The maximum atomic E-state index is 6.07. The Morgan fingerprint density at radius 2 is 2.00 bits per heavy atom. The number of hydrogen-bond acceptors (Lipinski definition) is 2. The minimum Gasteiger partial charge on any atom is -0.326 e. The monoisotopic (exact) mass is 215 g/mol. The highest BCUT2D eigenvalue weighted by molar-refractivity contribution is 5.30. The summed E-state index contributed by atoms with van der Waals surface area (Å²) in [5.41, 5.74) is 8.56. The van der Waals surface area contributed by atoms with Crippen LogP contribution in [0.4, 0.5) is 0 Å². The van der Waals surface area contributed by atoms with Gasteiger partial charge in [-0.25, -0.2) is 0 Å². The second-order valence-electron chi connectivity index (χ2n) is 4.15. The molecule has 1 aromatic heterocycles. The number of benzene rings is 1. The molecular formula is C13H17N3. The molecule has 0 aliphatic carbocycles. The fourth-order valence-electron chi connectivity index (χ4n) is 2.03. The van der Waals surface area contributed by atoms with Crippen LogP contribution in [-0.2, 0) is 0 Å². The molecule has 2 unspecified atom stereocenters. The van der Waals surface area contributed by atoms with E-state index in [1.807, 2.05) is 36.0 Å². The summed E-state index contributed by atoms with van der Waals surface area (Å²) >= 11 is 0. The van der Waals surface area contributed by atoms with Crippen molar-refractivity contribution < 1.29 is 0 Å². The molecule has 2 rings (SSSR count). The second kappa shape index (κ2) is 4.49. The minimum absolute atomic E-state index is 0.0287. The summed E-state index contributed by atoms with van der Waals surface area (Å²) < 4.78 is 1.92. The Labute approximate surface area is 95.9 Å². The van der Waals surface area contributed by atoms with E-state index in [4.69, 9.17) is 5.73 Å². The van der Waals surface area contributed by atoms with Crippen LogP contribution in [0.3, 0.4) is 0 Å². The van der Waals surface area contributed by atoms with E-state index >= 15 is 0 Å². The molecule has 3 nitrogen and oxygen atoms in total. The first-order valence-electron chi connectivity index (χ1n) is 5.50. The molecule has 16 heavy (non-hydrogen) atoms. The Morgan fingerprint density at radius 3 is 2.56 bits per heavy atom. The molecular weight excluding hydrogens is 198 g/mol. The van der Waals surface area contributed by atoms with Gasteiger partial charge in [0.15, 0.2) is 0 Å². The predicted molar refractivity (Wildman–Crippen MR) is 65.2 cm³/mol. The summed E-state index contributed by atoms with van der Waals surface area (Å²) in [4.78, 5) is 0. The zero-order valence-electron chi connectivity index (χ0n) is 9.67. The van der Waals surface area contributed by atoms with E-state index < -0.39 is 0 Å². The number of aromatic nitrogens is 2. The van der Waals surface area contributed by atoms with Crippen LogP contribution >= 0.6 is 0 Å². The number of hydrogen-bond donors (Lipinski definition) is 1. The lowest BCUT2D eigenvalue weighted by Gasteiger charge is -2.23. The first-order chi connectivity index (χ1) is 7.70. The van der Waals surface area contributed by atoms with Gasteiger partial charge in [0.2, 0.25) is 0 Å². The van der Waals surface area contributed by atoms with Gasteiger partial charge in [-0.3, -0.25) is 4.68 Å². The van der Waals surface area contributed by atoms with Crippen molar-refractivity contribution in [3.8, 4) is 0 Å². The van der Waals surface area contributed by atoms with Crippen LogP contribution in [0.5, 0.6) is 0 Å². The average molecular weight is 215 g/mol. The van der Waals surface area contributed by atoms with E-state index in [1.54, 1.807) is 6.20 Å². The zero-order valence-corrected chi connectivity index (χ0v) is 9.67. The number of aryl methyl sites for hydroxylation is 1. The van der Waals surface area contributed by atoms with Crippen LogP contribution in [0.15, 0.2) is 42.7 Å². The van der Waals surface area contributed by atoms with Gasteiger partial charge in [-0.05, 0) is 31.0 Å². The van der Waals surface area contributed by atoms with Crippen molar-refractivity contribution in [3.63, 3.8) is 0 Å². The summed E-state index contributed by atoms with van der Waals surface area (Å²) in [5.74, 6) is 0. The third-order valence-corrected chi connectivity index (χ3v) is 2.82. The lowest BCUT2D eigenvalue weighted by Crippen LogP contribution is -2.31. The van der Waals surface area contributed by atoms with E-state index in [0.717, 1.165) is 0 Å². The van der Waals surface area contributed by atoms with Crippen molar-refractivity contribution in [1.29, 1.82) is 0 Å². The highest BCUT2D eigenvalue weighted by Crippen LogP contribution is 2.23. The Bertz CT molecular complexity index is 446. The summed E-state index contributed by atoms with van der Waals surface area (Å²) in [6.07, 6.45) is 3.74. The van der Waals surface area contributed by atoms with Crippen LogP contribution in [0.2, 0.25) is 0 Å². The van der Waals surface area contributed by atoms with Crippen LogP contribution < -0.4 is 5.73 Å². The molecule has 1 heterocycles. The zero-order chi connectivity index (χ0) is 11.5. The summed E-state index contributed by atoms with van der Waals surface area (Å²) in [7, 11) is 0. The smallest absolute Gasteiger partial charge is 0.0919 e. The Hall–Kier alpha value is -1.61. The van der Waals surface area contributed by atoms with Crippen molar-refractivity contribution in [2.24, 2.45) is 5.73 Å². The quantitative estimate of drug-likeness (QED) is 0.852. The normalized spacial score (nSPS) is 14.7. The molecule has 0 saturated carbocycles. The maximum Gasteiger partial charge on any atom is 0.0919 e.